The van der Waals surface area contributed by atoms with Gasteiger partial charge in [-0.1, -0.05) is 0 Å². The molecule has 0 aromatic carbocycles. The zero-order chi connectivity index (χ0) is 13.4. The third kappa shape index (κ3) is 1.83. The summed E-state index contributed by atoms with van der Waals surface area (Å²) in [5, 5.41) is 0. The summed E-state index contributed by atoms with van der Waals surface area (Å²) in [4.78, 5) is 13.3. The second-order valence-corrected chi connectivity index (χ2v) is 4.34. The van der Waals surface area contributed by atoms with Crippen LogP contribution < -0.4 is 4.74 Å². The van der Waals surface area contributed by atoms with E-state index in [1.165, 1.54) is 0 Å². The summed E-state index contributed by atoms with van der Waals surface area (Å²) in [6.45, 7) is 1.92. The molecule has 3 aromatic rings. The van der Waals surface area contributed by atoms with Crippen LogP contribution in [0.1, 0.15) is 5.69 Å². The molecule has 19 heavy (non-hydrogen) atoms. The van der Waals surface area contributed by atoms with Gasteiger partial charge in [0.2, 0.25) is 0 Å². The highest BCUT2D eigenvalue weighted by Gasteiger charge is 2.12. The zero-order valence-electron chi connectivity index (χ0n) is 11.1. The molecule has 3 heterocycles. The van der Waals surface area contributed by atoms with Gasteiger partial charge in [0.05, 0.1) is 30.0 Å². The van der Waals surface area contributed by atoms with Gasteiger partial charge in [-0.05, 0) is 25.1 Å². The monoisotopic (exact) mass is 254 g/mol. The second kappa shape index (κ2) is 4.35. The third-order valence-corrected chi connectivity index (χ3v) is 3.17. The number of fused-ring (bicyclic) bond motifs is 1. The Kier molecular flexibility index (Phi) is 2.67. The van der Waals surface area contributed by atoms with Crippen molar-refractivity contribution in [3.63, 3.8) is 0 Å². The molecule has 0 aliphatic heterocycles. The van der Waals surface area contributed by atoms with Gasteiger partial charge in [0, 0.05) is 13.2 Å². The minimum atomic E-state index is 0.782. The van der Waals surface area contributed by atoms with E-state index in [4.69, 9.17) is 4.74 Å². The Morgan fingerprint density at radius 3 is 2.68 bits per heavy atom. The van der Waals surface area contributed by atoms with Crippen molar-refractivity contribution in [2.24, 2.45) is 7.05 Å². The van der Waals surface area contributed by atoms with Gasteiger partial charge in [0.25, 0.3) is 0 Å². The van der Waals surface area contributed by atoms with E-state index in [-0.39, 0.29) is 0 Å². The molecule has 0 saturated heterocycles. The van der Waals surface area contributed by atoms with E-state index in [2.05, 4.69) is 15.0 Å². The van der Waals surface area contributed by atoms with Crippen LogP contribution >= 0.6 is 0 Å². The van der Waals surface area contributed by atoms with E-state index in [1.54, 1.807) is 13.3 Å². The van der Waals surface area contributed by atoms with Crippen LogP contribution in [0, 0.1) is 6.92 Å². The van der Waals surface area contributed by atoms with Gasteiger partial charge in [0.15, 0.2) is 5.82 Å². The smallest absolute Gasteiger partial charge is 0.159 e. The Balaban J connectivity index is 2.19. The number of aryl methyl sites for hydroxylation is 2. The molecule has 0 bridgehead atoms. The number of ether oxygens (including phenoxy) is 1. The van der Waals surface area contributed by atoms with Crippen molar-refractivity contribution in [1.82, 2.24) is 19.5 Å². The number of aromatic nitrogens is 4. The van der Waals surface area contributed by atoms with E-state index in [0.29, 0.717) is 0 Å². The molecule has 0 N–H and O–H groups in total. The quantitative estimate of drug-likeness (QED) is 0.704. The summed E-state index contributed by atoms with van der Waals surface area (Å²) in [5.41, 5.74) is 3.60. The first-order valence-electron chi connectivity index (χ1n) is 5.99. The molecule has 0 radical (unpaired) electrons. The highest BCUT2D eigenvalue weighted by molar-refractivity contribution is 5.78. The van der Waals surface area contributed by atoms with Crippen molar-refractivity contribution in [2.75, 3.05) is 7.11 Å². The van der Waals surface area contributed by atoms with E-state index in [1.807, 2.05) is 42.9 Å². The van der Waals surface area contributed by atoms with Crippen molar-refractivity contribution in [3.05, 3.63) is 36.3 Å². The maximum atomic E-state index is 5.23. The van der Waals surface area contributed by atoms with E-state index >= 15 is 0 Å². The van der Waals surface area contributed by atoms with Crippen LogP contribution in [0.25, 0.3) is 22.6 Å². The van der Waals surface area contributed by atoms with Crippen LogP contribution in [-0.2, 0) is 7.05 Å². The van der Waals surface area contributed by atoms with Crippen LogP contribution in [0.3, 0.4) is 0 Å². The fraction of sp³-hybridized carbons (Fsp3) is 0.214. The summed E-state index contributed by atoms with van der Waals surface area (Å²) >= 11 is 0. The van der Waals surface area contributed by atoms with Crippen LogP contribution in [0.5, 0.6) is 5.75 Å². The van der Waals surface area contributed by atoms with Gasteiger partial charge < -0.3 is 9.30 Å². The van der Waals surface area contributed by atoms with Crippen molar-refractivity contribution in [1.29, 1.82) is 0 Å². The fourth-order valence-corrected chi connectivity index (χ4v) is 2.15. The second-order valence-electron chi connectivity index (χ2n) is 4.34. The number of nitrogens with zero attached hydrogens (tertiary/aromatic N) is 4. The van der Waals surface area contributed by atoms with Gasteiger partial charge in [-0.3, -0.25) is 4.98 Å². The van der Waals surface area contributed by atoms with Gasteiger partial charge in [-0.2, -0.15) is 0 Å². The molecule has 0 saturated carbocycles. The Labute approximate surface area is 110 Å². The maximum absolute atomic E-state index is 5.23. The molecule has 3 aromatic heterocycles. The molecule has 5 nitrogen and oxygen atoms in total. The molecule has 0 amide bonds. The van der Waals surface area contributed by atoms with Crippen LogP contribution in [0.2, 0.25) is 0 Å². The number of imidazole rings is 1. The van der Waals surface area contributed by atoms with Gasteiger partial charge in [-0.25, -0.2) is 9.97 Å². The molecule has 0 fully saturated rings. The number of pyridine rings is 2. The van der Waals surface area contributed by atoms with Gasteiger partial charge in [0.1, 0.15) is 11.4 Å². The minimum Gasteiger partial charge on any atom is -0.495 e. The summed E-state index contributed by atoms with van der Waals surface area (Å²) in [6, 6.07) is 5.73. The van der Waals surface area contributed by atoms with Crippen LogP contribution in [-0.4, -0.2) is 26.6 Å². The number of hydrogen-bond donors (Lipinski definition) is 0. The van der Waals surface area contributed by atoms with E-state index in [0.717, 1.165) is 34.0 Å². The summed E-state index contributed by atoms with van der Waals surface area (Å²) in [6.07, 6.45) is 3.55. The Morgan fingerprint density at radius 2 is 2.00 bits per heavy atom. The Morgan fingerprint density at radius 1 is 1.16 bits per heavy atom. The molecule has 96 valence electrons. The standard InChI is InChI=1S/C14H14N4O/c1-9-13(19-3)5-4-11(16-9)14-17-10-6-7-15-8-12(10)18(14)2/h4-8H,1-3H3. The number of methoxy groups -OCH3 is 1. The van der Waals surface area contributed by atoms with Crippen LogP contribution in [0.15, 0.2) is 30.6 Å². The number of rotatable bonds is 2. The maximum Gasteiger partial charge on any atom is 0.159 e. The van der Waals surface area contributed by atoms with Gasteiger partial charge in [-0.15, -0.1) is 0 Å². The third-order valence-electron chi connectivity index (χ3n) is 3.17. The van der Waals surface area contributed by atoms with Crippen LogP contribution in [0.4, 0.5) is 0 Å². The van der Waals surface area contributed by atoms with Crippen molar-refractivity contribution in [3.8, 4) is 17.3 Å². The van der Waals surface area contributed by atoms with Crippen molar-refractivity contribution >= 4 is 11.0 Å². The van der Waals surface area contributed by atoms with Gasteiger partial charge >= 0.3 is 0 Å². The molecular weight excluding hydrogens is 240 g/mol. The largest absolute Gasteiger partial charge is 0.495 e. The summed E-state index contributed by atoms with van der Waals surface area (Å²) in [5.74, 6) is 1.61. The summed E-state index contributed by atoms with van der Waals surface area (Å²) < 4.78 is 7.22. The zero-order valence-corrected chi connectivity index (χ0v) is 11.1. The highest BCUT2D eigenvalue weighted by Crippen LogP contribution is 2.24. The average molecular weight is 254 g/mol. The van der Waals surface area contributed by atoms with E-state index < -0.39 is 0 Å². The molecular formula is C14H14N4O. The lowest BCUT2D eigenvalue weighted by atomic mass is 10.3. The molecule has 3 rings (SSSR count). The molecule has 0 spiro atoms. The Hall–Kier alpha value is -2.43. The molecule has 5 heteroatoms. The topological polar surface area (TPSA) is 52.8 Å². The van der Waals surface area contributed by atoms with Crippen molar-refractivity contribution < 1.29 is 4.74 Å². The lowest BCUT2D eigenvalue weighted by Gasteiger charge is -2.06. The first kappa shape index (κ1) is 11.6. The molecule has 0 atom stereocenters. The lowest BCUT2D eigenvalue weighted by molar-refractivity contribution is 0.409. The summed E-state index contributed by atoms with van der Waals surface area (Å²) in [7, 11) is 3.61. The fourth-order valence-electron chi connectivity index (χ4n) is 2.15. The first-order chi connectivity index (χ1) is 9.20. The first-order valence-corrected chi connectivity index (χ1v) is 5.99. The predicted octanol–water partition coefficient (Wildman–Crippen LogP) is 2.35. The Bertz CT molecular complexity index is 748. The lowest BCUT2D eigenvalue weighted by Crippen LogP contribution is -1.97. The SMILES string of the molecule is COc1ccc(-c2nc3ccncc3n2C)nc1C. The normalized spacial score (nSPS) is 10.9. The molecule has 0 aliphatic rings. The van der Waals surface area contributed by atoms with E-state index in [9.17, 15) is 0 Å². The number of hydrogen-bond acceptors (Lipinski definition) is 4. The predicted molar refractivity (Wildman–Crippen MR) is 73.0 cm³/mol. The molecule has 0 aliphatic carbocycles. The minimum absolute atomic E-state index is 0.782. The molecule has 0 unspecified atom stereocenters. The average Bonchev–Trinajstić information content (AvgIpc) is 2.77. The van der Waals surface area contributed by atoms with Crippen molar-refractivity contribution in [2.45, 2.75) is 6.92 Å². The highest BCUT2D eigenvalue weighted by atomic mass is 16.5.